The molecule has 3 aromatic rings. The highest BCUT2D eigenvalue weighted by molar-refractivity contribution is 9.10. The van der Waals surface area contributed by atoms with E-state index in [0.717, 1.165) is 29.1 Å². The number of amides is 1. The number of anilines is 2. The van der Waals surface area contributed by atoms with E-state index in [9.17, 15) is 4.79 Å². The fourth-order valence-corrected chi connectivity index (χ4v) is 4.02. The van der Waals surface area contributed by atoms with Crippen LogP contribution in [0, 0.1) is 0 Å². The average Bonchev–Trinajstić information content (AvgIpc) is 3.17. The molecule has 10 heteroatoms. The molecule has 1 fully saturated rings. The van der Waals surface area contributed by atoms with Gasteiger partial charge in [0, 0.05) is 23.8 Å². The lowest BCUT2D eigenvalue weighted by Crippen LogP contribution is -2.38. The van der Waals surface area contributed by atoms with Gasteiger partial charge in [-0.1, -0.05) is 42.1 Å². The average molecular weight is 489 g/mol. The highest BCUT2D eigenvalue weighted by Crippen LogP contribution is 2.24. The Labute approximate surface area is 187 Å². The van der Waals surface area contributed by atoms with Gasteiger partial charge in [-0.15, -0.1) is 10.2 Å². The van der Waals surface area contributed by atoms with Crippen molar-refractivity contribution in [1.82, 2.24) is 19.7 Å². The molecule has 156 valence electrons. The van der Waals surface area contributed by atoms with Crippen molar-refractivity contribution in [2.45, 2.75) is 11.7 Å². The molecule has 1 saturated heterocycles. The Bertz CT molecular complexity index is 977. The fourth-order valence-electron chi connectivity index (χ4n) is 3.05. The van der Waals surface area contributed by atoms with Crippen LogP contribution >= 0.6 is 27.7 Å². The molecule has 0 radical (unpaired) electrons. The molecule has 1 amide bonds. The number of hydrogen-bond acceptors (Lipinski definition) is 7. The normalized spacial score (nSPS) is 14.0. The Balaban J connectivity index is 1.48. The van der Waals surface area contributed by atoms with Crippen molar-refractivity contribution in [2.24, 2.45) is 0 Å². The van der Waals surface area contributed by atoms with Crippen LogP contribution in [0.15, 0.2) is 58.3 Å². The van der Waals surface area contributed by atoms with E-state index in [1.54, 1.807) is 12.3 Å². The second-order valence-corrected chi connectivity index (χ2v) is 8.51. The predicted molar refractivity (Wildman–Crippen MR) is 120 cm³/mol. The minimum atomic E-state index is -0.142. The van der Waals surface area contributed by atoms with Gasteiger partial charge in [0.05, 0.1) is 25.5 Å². The maximum absolute atomic E-state index is 12.4. The molecule has 0 spiro atoms. The molecule has 2 aromatic heterocycles. The summed E-state index contributed by atoms with van der Waals surface area (Å²) in [6, 6.07) is 13.8. The molecule has 4 rings (SSSR count). The number of carbonyl (C=O) groups excluding carboxylic acids is 1. The van der Waals surface area contributed by atoms with Gasteiger partial charge in [0.25, 0.3) is 0 Å². The SMILES string of the molecule is O=C(CSc1nnc(N2CCOCC2)n1Cc1ccccc1)Nc1ccc(Br)cn1. The van der Waals surface area contributed by atoms with Gasteiger partial charge in [0.2, 0.25) is 11.9 Å². The summed E-state index contributed by atoms with van der Waals surface area (Å²) >= 11 is 4.70. The van der Waals surface area contributed by atoms with Crippen molar-refractivity contribution in [3.63, 3.8) is 0 Å². The quantitative estimate of drug-likeness (QED) is 0.511. The molecule has 0 atom stereocenters. The summed E-state index contributed by atoms with van der Waals surface area (Å²) in [6.45, 7) is 3.52. The molecule has 0 saturated carbocycles. The predicted octanol–water partition coefficient (Wildman–Crippen LogP) is 3.05. The number of nitrogens with one attached hydrogen (secondary N) is 1. The maximum atomic E-state index is 12.4. The van der Waals surface area contributed by atoms with E-state index in [1.165, 1.54) is 11.8 Å². The lowest BCUT2D eigenvalue weighted by atomic mass is 10.2. The zero-order valence-electron chi connectivity index (χ0n) is 16.2. The molecule has 1 aromatic carbocycles. The van der Waals surface area contributed by atoms with E-state index in [1.807, 2.05) is 24.3 Å². The first kappa shape index (κ1) is 20.8. The summed E-state index contributed by atoms with van der Waals surface area (Å²) in [6.07, 6.45) is 1.65. The van der Waals surface area contributed by atoms with Crippen LogP contribution in [0.1, 0.15) is 5.56 Å². The third kappa shape index (κ3) is 5.38. The van der Waals surface area contributed by atoms with Gasteiger partial charge in [-0.25, -0.2) is 4.98 Å². The van der Waals surface area contributed by atoms with E-state index >= 15 is 0 Å². The van der Waals surface area contributed by atoms with E-state index in [0.29, 0.717) is 30.7 Å². The number of rotatable bonds is 7. The van der Waals surface area contributed by atoms with Gasteiger partial charge in [0.15, 0.2) is 5.16 Å². The summed E-state index contributed by atoms with van der Waals surface area (Å²) < 4.78 is 8.39. The number of benzene rings is 1. The van der Waals surface area contributed by atoms with Crippen LogP contribution in [0.25, 0.3) is 0 Å². The van der Waals surface area contributed by atoms with Gasteiger partial charge >= 0.3 is 0 Å². The number of pyridine rings is 1. The van der Waals surface area contributed by atoms with Crippen LogP contribution in [0.4, 0.5) is 11.8 Å². The lowest BCUT2D eigenvalue weighted by molar-refractivity contribution is -0.113. The summed E-state index contributed by atoms with van der Waals surface area (Å²) in [5, 5.41) is 12.3. The van der Waals surface area contributed by atoms with Crippen molar-refractivity contribution in [3.05, 3.63) is 58.7 Å². The largest absolute Gasteiger partial charge is 0.378 e. The molecule has 1 aliphatic heterocycles. The molecule has 8 nitrogen and oxygen atoms in total. The zero-order valence-corrected chi connectivity index (χ0v) is 18.6. The van der Waals surface area contributed by atoms with Gasteiger partial charge in [-0.3, -0.25) is 9.36 Å². The number of morpholine rings is 1. The summed E-state index contributed by atoms with van der Waals surface area (Å²) in [7, 11) is 0. The Morgan fingerprint density at radius 3 is 2.67 bits per heavy atom. The summed E-state index contributed by atoms with van der Waals surface area (Å²) in [4.78, 5) is 18.7. The van der Waals surface area contributed by atoms with Crippen molar-refractivity contribution in [1.29, 1.82) is 0 Å². The molecule has 0 aliphatic carbocycles. The third-order valence-electron chi connectivity index (χ3n) is 4.50. The molecular weight excluding hydrogens is 468 g/mol. The first-order valence-corrected chi connectivity index (χ1v) is 11.3. The molecule has 0 bridgehead atoms. The van der Waals surface area contributed by atoms with Crippen molar-refractivity contribution in [3.8, 4) is 0 Å². The van der Waals surface area contributed by atoms with Gasteiger partial charge < -0.3 is 15.0 Å². The van der Waals surface area contributed by atoms with Crippen LogP contribution in [0.3, 0.4) is 0 Å². The number of ether oxygens (including phenoxy) is 1. The number of carbonyl (C=O) groups is 1. The summed E-state index contributed by atoms with van der Waals surface area (Å²) in [5.74, 6) is 1.40. The van der Waals surface area contributed by atoms with Crippen LogP contribution in [0.2, 0.25) is 0 Å². The topological polar surface area (TPSA) is 85.2 Å². The van der Waals surface area contributed by atoms with Crippen LogP contribution in [-0.2, 0) is 16.1 Å². The molecule has 0 unspecified atom stereocenters. The number of hydrogen-bond donors (Lipinski definition) is 1. The summed E-state index contributed by atoms with van der Waals surface area (Å²) in [5.41, 5.74) is 1.15. The maximum Gasteiger partial charge on any atom is 0.236 e. The fraction of sp³-hybridized carbons (Fsp3) is 0.300. The molecular formula is C20H21BrN6O2S. The Morgan fingerprint density at radius 2 is 1.93 bits per heavy atom. The lowest BCUT2D eigenvalue weighted by Gasteiger charge is -2.28. The second-order valence-electron chi connectivity index (χ2n) is 6.65. The van der Waals surface area contributed by atoms with E-state index < -0.39 is 0 Å². The Kier molecular flexibility index (Phi) is 6.98. The monoisotopic (exact) mass is 488 g/mol. The Morgan fingerprint density at radius 1 is 1.13 bits per heavy atom. The minimum absolute atomic E-state index is 0.142. The standard InChI is InChI=1S/C20H21BrN6O2S/c21-16-6-7-17(22-12-16)23-18(28)14-30-20-25-24-19(26-8-10-29-11-9-26)27(20)13-15-4-2-1-3-5-15/h1-7,12H,8-11,13-14H2,(H,22,23,28). The smallest absolute Gasteiger partial charge is 0.236 e. The number of halogens is 1. The van der Waals surface area contributed by atoms with Crippen LogP contribution < -0.4 is 10.2 Å². The van der Waals surface area contributed by atoms with E-state index in [-0.39, 0.29) is 11.7 Å². The zero-order chi connectivity index (χ0) is 20.8. The molecule has 1 aliphatic rings. The highest BCUT2D eigenvalue weighted by Gasteiger charge is 2.21. The van der Waals surface area contributed by atoms with E-state index in [2.05, 4.69) is 58.0 Å². The van der Waals surface area contributed by atoms with Crippen LogP contribution in [0.5, 0.6) is 0 Å². The molecule has 3 heterocycles. The van der Waals surface area contributed by atoms with Crippen molar-refractivity contribution < 1.29 is 9.53 Å². The molecule has 30 heavy (non-hydrogen) atoms. The second kappa shape index (κ2) is 10.1. The highest BCUT2D eigenvalue weighted by atomic mass is 79.9. The van der Waals surface area contributed by atoms with Crippen molar-refractivity contribution >= 4 is 45.4 Å². The Hall–Kier alpha value is -2.43. The molecule has 1 N–H and O–H groups in total. The van der Waals surface area contributed by atoms with Crippen LogP contribution in [-0.4, -0.2) is 57.7 Å². The van der Waals surface area contributed by atoms with Gasteiger partial charge in [0.1, 0.15) is 5.82 Å². The van der Waals surface area contributed by atoms with Gasteiger partial charge in [-0.2, -0.15) is 0 Å². The van der Waals surface area contributed by atoms with Crippen molar-refractivity contribution in [2.75, 3.05) is 42.3 Å². The minimum Gasteiger partial charge on any atom is -0.378 e. The van der Waals surface area contributed by atoms with E-state index in [4.69, 9.17) is 4.74 Å². The number of thioether (sulfide) groups is 1. The third-order valence-corrected chi connectivity index (χ3v) is 5.94. The first-order valence-electron chi connectivity index (χ1n) is 9.53. The first-order chi connectivity index (χ1) is 14.7. The number of aromatic nitrogens is 4. The van der Waals surface area contributed by atoms with Gasteiger partial charge in [-0.05, 0) is 33.6 Å². The number of nitrogens with zero attached hydrogens (tertiary/aromatic N) is 5.